The van der Waals surface area contributed by atoms with Gasteiger partial charge in [0.2, 0.25) is 0 Å². The molecule has 2 fully saturated rings. The lowest BCUT2D eigenvalue weighted by Crippen LogP contribution is -2.43. The van der Waals surface area contributed by atoms with Gasteiger partial charge in [0.15, 0.2) is 5.82 Å². The minimum atomic E-state index is -0.904. The molecule has 10 heteroatoms. The highest BCUT2D eigenvalue weighted by molar-refractivity contribution is 6.34. The van der Waals surface area contributed by atoms with E-state index in [4.69, 9.17) is 22.1 Å². The number of aromatic amines is 1. The molecule has 7 nitrogen and oxygen atoms in total. The fourth-order valence-electron chi connectivity index (χ4n) is 4.92. The highest BCUT2D eigenvalue weighted by atomic mass is 35.5. The number of aryl methyl sites for hydroxylation is 1. The summed E-state index contributed by atoms with van der Waals surface area (Å²) in [7, 11) is 0. The Hall–Kier alpha value is -2.78. The van der Waals surface area contributed by atoms with Crippen LogP contribution >= 0.6 is 11.6 Å². The summed E-state index contributed by atoms with van der Waals surface area (Å²) in [5.74, 6) is -0.567. The summed E-state index contributed by atoms with van der Waals surface area (Å²) >= 11 is 6.33. The first kappa shape index (κ1) is 21.1. The van der Waals surface area contributed by atoms with E-state index in [0.29, 0.717) is 18.5 Å². The van der Waals surface area contributed by atoms with Gasteiger partial charge in [0, 0.05) is 13.0 Å². The second-order valence-corrected chi connectivity index (χ2v) is 8.99. The number of hydrogen-bond donors (Lipinski definition) is 2. The Morgan fingerprint density at radius 2 is 2.22 bits per heavy atom. The summed E-state index contributed by atoms with van der Waals surface area (Å²) in [6.07, 6.45) is 1.23. The summed E-state index contributed by atoms with van der Waals surface area (Å²) in [5, 5.41) is 0.0214. The standard InChI is InChI=1S/C22H22ClF2N5O2/c1-11-3-4-15(26)27-18(11)16-14(23)7-13-19(17(16)25)28-21(29-20(13)31)32-10-22-5-2-6-30(22)9-12(24)8-22/h3-4,7,12H,2,5-6,8-10H2,1H3,(H2,26,27)(H,28,29,31)/t12-,22+/m1/s1. The SMILES string of the molecule is Cc1ccc(N)nc1-c1c(Cl)cc2c(=O)[nH]c(OC[C@@]34CCCN3C[C@H](F)C4)nc2c1F. The molecule has 168 valence electrons. The molecule has 2 saturated heterocycles. The number of H-pyrrole nitrogens is 1. The van der Waals surface area contributed by atoms with E-state index in [1.807, 2.05) is 0 Å². The minimum absolute atomic E-state index is 0.00417. The molecule has 3 aromatic rings. The molecular weight excluding hydrogens is 440 g/mol. The zero-order valence-electron chi connectivity index (χ0n) is 17.4. The number of aromatic nitrogens is 3. The number of nitrogens with two attached hydrogens (primary N) is 1. The zero-order chi connectivity index (χ0) is 22.6. The number of alkyl halides is 1. The summed E-state index contributed by atoms with van der Waals surface area (Å²) in [6.45, 7) is 3.12. The Kier molecular flexibility index (Phi) is 5.05. The van der Waals surface area contributed by atoms with Crippen molar-refractivity contribution in [3.8, 4) is 17.3 Å². The van der Waals surface area contributed by atoms with Crippen molar-refractivity contribution in [3.63, 3.8) is 0 Å². The number of benzene rings is 1. The predicted octanol–water partition coefficient (Wildman–Crippen LogP) is 3.62. The first-order valence-corrected chi connectivity index (χ1v) is 10.8. The fourth-order valence-corrected chi connectivity index (χ4v) is 5.20. The number of rotatable bonds is 4. The van der Waals surface area contributed by atoms with Crippen LogP contribution in [-0.2, 0) is 0 Å². The molecule has 0 radical (unpaired) electrons. The van der Waals surface area contributed by atoms with Crippen molar-refractivity contribution in [2.24, 2.45) is 0 Å². The second kappa shape index (κ2) is 7.67. The van der Waals surface area contributed by atoms with Crippen LogP contribution in [0.15, 0.2) is 23.0 Å². The van der Waals surface area contributed by atoms with Gasteiger partial charge < -0.3 is 10.5 Å². The van der Waals surface area contributed by atoms with Gasteiger partial charge in [0.05, 0.1) is 27.2 Å². The zero-order valence-corrected chi connectivity index (χ0v) is 18.2. The van der Waals surface area contributed by atoms with Crippen LogP contribution in [0.25, 0.3) is 22.2 Å². The molecular formula is C22H22ClF2N5O2. The molecule has 2 aliphatic rings. The van der Waals surface area contributed by atoms with E-state index in [-0.39, 0.29) is 45.6 Å². The number of nitrogen functional groups attached to an aromatic ring is 1. The highest BCUT2D eigenvalue weighted by Crippen LogP contribution is 2.40. The van der Waals surface area contributed by atoms with Crippen LogP contribution in [0.1, 0.15) is 24.8 Å². The van der Waals surface area contributed by atoms with Crippen LogP contribution in [-0.4, -0.2) is 51.3 Å². The Bertz CT molecular complexity index is 1280. The first-order valence-electron chi connectivity index (χ1n) is 10.4. The summed E-state index contributed by atoms with van der Waals surface area (Å²) in [5.41, 5.74) is 5.57. The maximum Gasteiger partial charge on any atom is 0.297 e. The number of anilines is 1. The van der Waals surface area contributed by atoms with Gasteiger partial charge in [-0.05, 0) is 44.0 Å². The number of nitrogens with one attached hydrogen (secondary N) is 1. The fraction of sp³-hybridized carbons (Fsp3) is 0.409. The van der Waals surface area contributed by atoms with Gasteiger partial charge in [-0.3, -0.25) is 14.7 Å². The Labute approximate surface area is 187 Å². The van der Waals surface area contributed by atoms with Crippen LogP contribution in [0.3, 0.4) is 0 Å². The molecule has 5 rings (SSSR count). The van der Waals surface area contributed by atoms with E-state index in [1.165, 1.54) is 6.07 Å². The van der Waals surface area contributed by atoms with Crippen molar-refractivity contribution in [2.75, 3.05) is 25.4 Å². The third kappa shape index (κ3) is 3.40. The lowest BCUT2D eigenvalue weighted by Gasteiger charge is -2.30. The monoisotopic (exact) mass is 461 g/mol. The molecule has 4 heterocycles. The molecule has 0 spiro atoms. The molecule has 32 heavy (non-hydrogen) atoms. The van der Waals surface area contributed by atoms with Crippen LogP contribution in [0.4, 0.5) is 14.6 Å². The van der Waals surface area contributed by atoms with Gasteiger partial charge >= 0.3 is 0 Å². The number of pyridine rings is 1. The third-order valence-electron chi connectivity index (χ3n) is 6.46. The number of halogens is 3. The quantitative estimate of drug-likeness (QED) is 0.616. The Morgan fingerprint density at radius 3 is 3.03 bits per heavy atom. The highest BCUT2D eigenvalue weighted by Gasteiger charge is 2.49. The van der Waals surface area contributed by atoms with Crippen LogP contribution < -0.4 is 16.0 Å². The lowest BCUT2D eigenvalue weighted by atomic mass is 9.95. The van der Waals surface area contributed by atoms with Crippen LogP contribution in [0, 0.1) is 12.7 Å². The van der Waals surface area contributed by atoms with Crippen molar-refractivity contribution in [1.29, 1.82) is 0 Å². The molecule has 1 aromatic carbocycles. The van der Waals surface area contributed by atoms with Gasteiger partial charge in [-0.25, -0.2) is 13.8 Å². The molecule has 0 unspecified atom stereocenters. The average molecular weight is 462 g/mol. The predicted molar refractivity (Wildman–Crippen MR) is 118 cm³/mol. The van der Waals surface area contributed by atoms with Gasteiger partial charge in [-0.15, -0.1) is 0 Å². The van der Waals surface area contributed by atoms with Crippen molar-refractivity contribution in [3.05, 3.63) is 45.0 Å². The summed E-state index contributed by atoms with van der Waals surface area (Å²) in [6, 6.07) is 4.56. The molecule has 0 saturated carbocycles. The van der Waals surface area contributed by atoms with Crippen molar-refractivity contribution < 1.29 is 13.5 Å². The first-order chi connectivity index (χ1) is 15.3. The largest absolute Gasteiger partial charge is 0.463 e. The number of nitrogens with zero attached hydrogens (tertiary/aromatic N) is 3. The summed E-state index contributed by atoms with van der Waals surface area (Å²) < 4.78 is 35.4. The number of hydrogen-bond acceptors (Lipinski definition) is 6. The smallest absolute Gasteiger partial charge is 0.297 e. The molecule has 2 aliphatic heterocycles. The van der Waals surface area contributed by atoms with E-state index in [9.17, 15) is 9.18 Å². The topological polar surface area (TPSA) is 97.1 Å². The molecule has 3 N–H and O–H groups in total. The summed E-state index contributed by atoms with van der Waals surface area (Å²) in [4.78, 5) is 25.7. The van der Waals surface area contributed by atoms with Crippen LogP contribution in [0.5, 0.6) is 6.01 Å². The second-order valence-electron chi connectivity index (χ2n) is 8.58. The maximum absolute atomic E-state index is 15.6. The minimum Gasteiger partial charge on any atom is -0.463 e. The lowest BCUT2D eigenvalue weighted by molar-refractivity contribution is 0.107. The Morgan fingerprint density at radius 1 is 1.41 bits per heavy atom. The van der Waals surface area contributed by atoms with Gasteiger partial charge in [-0.1, -0.05) is 17.7 Å². The van der Waals surface area contributed by atoms with Crippen LogP contribution in [0.2, 0.25) is 5.02 Å². The molecule has 2 aromatic heterocycles. The van der Waals surface area contributed by atoms with Crippen molar-refractivity contribution in [1.82, 2.24) is 19.9 Å². The maximum atomic E-state index is 15.6. The Balaban J connectivity index is 1.55. The van der Waals surface area contributed by atoms with Gasteiger partial charge in [0.25, 0.3) is 11.6 Å². The van der Waals surface area contributed by atoms with E-state index in [0.717, 1.165) is 19.4 Å². The van der Waals surface area contributed by atoms with E-state index in [1.54, 1.807) is 19.1 Å². The van der Waals surface area contributed by atoms with Crippen molar-refractivity contribution in [2.45, 2.75) is 37.9 Å². The van der Waals surface area contributed by atoms with Gasteiger partial charge in [0.1, 0.15) is 24.1 Å². The number of ether oxygens (including phenoxy) is 1. The molecule has 0 amide bonds. The normalized spacial score (nSPS) is 23.1. The number of fused-ring (bicyclic) bond motifs is 2. The molecule has 2 atom stereocenters. The third-order valence-corrected chi connectivity index (χ3v) is 6.76. The van der Waals surface area contributed by atoms with Gasteiger partial charge in [-0.2, -0.15) is 4.98 Å². The average Bonchev–Trinajstić information content (AvgIpc) is 3.25. The van der Waals surface area contributed by atoms with E-state index >= 15 is 4.39 Å². The van der Waals surface area contributed by atoms with Crippen molar-refractivity contribution >= 4 is 28.3 Å². The van der Waals surface area contributed by atoms with E-state index in [2.05, 4.69) is 19.9 Å². The molecule has 0 aliphatic carbocycles. The van der Waals surface area contributed by atoms with E-state index < -0.39 is 23.1 Å². The molecule has 0 bridgehead atoms.